The zero-order chi connectivity index (χ0) is 13.5. The average Bonchev–Trinajstić information content (AvgIpc) is 2.32. The molecule has 92 valence electrons. The molecule has 0 atom stereocenters. The van der Waals surface area contributed by atoms with Crippen molar-refractivity contribution >= 4 is 5.97 Å². The Balaban J connectivity index is 0. The lowest BCUT2D eigenvalue weighted by Crippen LogP contribution is -2.08. The summed E-state index contributed by atoms with van der Waals surface area (Å²) in [7, 11) is 0. The van der Waals surface area contributed by atoms with Gasteiger partial charge in [-0.25, -0.2) is 4.79 Å². The van der Waals surface area contributed by atoms with Crippen LogP contribution in [0.25, 0.3) is 0 Å². The molecule has 0 aromatic rings. The second kappa shape index (κ2) is 13.9. The maximum atomic E-state index is 10.5. The second-order valence-electron chi connectivity index (χ2n) is 2.75. The summed E-state index contributed by atoms with van der Waals surface area (Å²) in [6.45, 7) is 8.27. The zero-order valence-electron chi connectivity index (χ0n) is 9.93. The number of carbonyl (C=O) groups excluding carboxylic acids is 1. The number of aliphatic hydroxyl groups is 1. The Hall–Kier alpha value is -2.12. The Kier molecular flexibility index (Phi) is 14.1. The van der Waals surface area contributed by atoms with E-state index in [1.807, 2.05) is 6.07 Å². The first kappa shape index (κ1) is 17.3. The number of nitriles is 1. The third kappa shape index (κ3) is 16.5. The van der Waals surface area contributed by atoms with Gasteiger partial charge in [0, 0.05) is 11.6 Å². The van der Waals surface area contributed by atoms with Gasteiger partial charge in [0.05, 0.1) is 12.7 Å². The number of hydrogen-bond donors (Lipinski definition) is 1. The van der Waals surface area contributed by atoms with Crippen molar-refractivity contribution in [2.75, 3.05) is 13.2 Å². The van der Waals surface area contributed by atoms with E-state index in [1.54, 1.807) is 31.2 Å². The summed E-state index contributed by atoms with van der Waals surface area (Å²) in [5.41, 5.74) is 0.350. The number of carbonyl (C=O) groups is 1. The number of allylic oxidation sites excluding steroid dienone is 5. The van der Waals surface area contributed by atoms with Gasteiger partial charge >= 0.3 is 5.97 Å². The number of rotatable bonds is 5. The molecule has 17 heavy (non-hydrogen) atoms. The molecule has 0 heterocycles. The average molecular weight is 235 g/mol. The minimum absolute atomic E-state index is 0.0473. The van der Waals surface area contributed by atoms with E-state index in [9.17, 15) is 4.79 Å². The van der Waals surface area contributed by atoms with E-state index in [1.165, 1.54) is 6.08 Å². The molecule has 0 aromatic heterocycles. The van der Waals surface area contributed by atoms with E-state index in [2.05, 4.69) is 17.9 Å². The molecule has 1 N–H and O–H groups in total. The van der Waals surface area contributed by atoms with Gasteiger partial charge < -0.3 is 9.84 Å². The summed E-state index contributed by atoms with van der Waals surface area (Å²) in [5, 5.41) is 16.2. The van der Waals surface area contributed by atoms with Crippen LogP contribution in [-0.2, 0) is 9.53 Å². The van der Waals surface area contributed by atoms with E-state index in [0.717, 1.165) is 0 Å². The van der Waals surface area contributed by atoms with Crippen LogP contribution in [0.5, 0.6) is 0 Å². The lowest BCUT2D eigenvalue weighted by atomic mass is 10.4. The third-order valence-corrected chi connectivity index (χ3v) is 1.20. The summed E-state index contributed by atoms with van der Waals surface area (Å²) in [6, 6.07) is 1.86. The predicted octanol–water partition coefficient (Wildman–Crippen LogP) is 1.91. The molecule has 0 aromatic carbocycles. The van der Waals surface area contributed by atoms with Crippen LogP contribution in [0.4, 0.5) is 0 Å². The van der Waals surface area contributed by atoms with E-state index >= 15 is 0 Å². The van der Waals surface area contributed by atoms with Crippen LogP contribution in [0.3, 0.4) is 0 Å². The lowest BCUT2D eigenvalue weighted by Gasteiger charge is -1.99. The Morgan fingerprint density at radius 1 is 1.47 bits per heavy atom. The van der Waals surface area contributed by atoms with Gasteiger partial charge in [0.2, 0.25) is 0 Å². The Labute approximate surface area is 102 Å². The molecular weight excluding hydrogens is 218 g/mol. The summed E-state index contributed by atoms with van der Waals surface area (Å²) >= 11 is 0. The molecule has 4 nitrogen and oxygen atoms in total. The van der Waals surface area contributed by atoms with Gasteiger partial charge in [-0.2, -0.15) is 5.26 Å². The fraction of sp³-hybridized carbons (Fsp3) is 0.231. The van der Waals surface area contributed by atoms with Crippen molar-refractivity contribution in [3.05, 3.63) is 49.1 Å². The first-order valence-electron chi connectivity index (χ1n) is 4.87. The zero-order valence-corrected chi connectivity index (χ0v) is 9.93. The summed E-state index contributed by atoms with van der Waals surface area (Å²) in [4.78, 5) is 10.5. The molecule has 0 radical (unpaired) electrons. The molecule has 0 saturated carbocycles. The molecule has 0 saturated heterocycles. The van der Waals surface area contributed by atoms with Crippen LogP contribution >= 0.6 is 0 Å². The molecule has 0 unspecified atom stereocenters. The van der Waals surface area contributed by atoms with Gasteiger partial charge in [-0.05, 0) is 6.92 Å². The molecule has 4 heteroatoms. The van der Waals surface area contributed by atoms with Gasteiger partial charge in [0.25, 0.3) is 0 Å². The highest BCUT2D eigenvalue weighted by Gasteiger charge is 1.99. The SMILES string of the molecule is C=C(C)C(=O)OCCO.C=CC=CC=CC#N. The number of hydrogen-bond acceptors (Lipinski definition) is 4. The van der Waals surface area contributed by atoms with Crippen molar-refractivity contribution in [2.45, 2.75) is 6.92 Å². The lowest BCUT2D eigenvalue weighted by molar-refractivity contribution is -0.139. The Bertz CT molecular complexity index is 335. The quantitative estimate of drug-likeness (QED) is 0.342. The van der Waals surface area contributed by atoms with Crippen molar-refractivity contribution in [1.29, 1.82) is 5.26 Å². The van der Waals surface area contributed by atoms with Crippen molar-refractivity contribution in [3.8, 4) is 6.07 Å². The monoisotopic (exact) mass is 235 g/mol. The molecule has 0 spiro atoms. The molecule has 0 bridgehead atoms. The molecule has 0 aliphatic rings. The highest BCUT2D eigenvalue weighted by atomic mass is 16.5. The number of esters is 1. The van der Waals surface area contributed by atoms with E-state index in [4.69, 9.17) is 10.4 Å². The van der Waals surface area contributed by atoms with Gasteiger partial charge in [0.1, 0.15) is 6.61 Å². The van der Waals surface area contributed by atoms with Crippen LogP contribution in [0.1, 0.15) is 6.92 Å². The Morgan fingerprint density at radius 3 is 2.53 bits per heavy atom. The predicted molar refractivity (Wildman–Crippen MR) is 66.9 cm³/mol. The smallest absolute Gasteiger partial charge is 0.333 e. The van der Waals surface area contributed by atoms with Gasteiger partial charge in [0.15, 0.2) is 0 Å². The van der Waals surface area contributed by atoms with Gasteiger partial charge in [-0.15, -0.1) is 0 Å². The first-order valence-corrected chi connectivity index (χ1v) is 4.87. The summed E-state index contributed by atoms with van der Waals surface area (Å²) < 4.78 is 4.46. The van der Waals surface area contributed by atoms with Crippen LogP contribution < -0.4 is 0 Å². The van der Waals surface area contributed by atoms with Crippen LogP contribution in [-0.4, -0.2) is 24.3 Å². The normalized spacial score (nSPS) is 9.24. The number of ether oxygens (including phenoxy) is 1. The van der Waals surface area contributed by atoms with E-state index < -0.39 is 5.97 Å². The van der Waals surface area contributed by atoms with E-state index in [0.29, 0.717) is 5.57 Å². The number of aliphatic hydroxyl groups excluding tert-OH is 1. The number of nitrogens with zero attached hydrogens (tertiary/aromatic N) is 1. The fourth-order valence-corrected chi connectivity index (χ4v) is 0.503. The molecule has 0 aliphatic carbocycles. The largest absolute Gasteiger partial charge is 0.460 e. The standard InChI is InChI=1S/C7H7N.C6H10O3/c1-2-3-4-5-6-7-8;1-5(2)6(8)9-4-3-7/h2-6H,1H2;7H,1,3-4H2,2H3. The van der Waals surface area contributed by atoms with Gasteiger partial charge in [-0.1, -0.05) is 37.5 Å². The minimum Gasteiger partial charge on any atom is -0.460 e. The van der Waals surface area contributed by atoms with Crippen molar-refractivity contribution in [3.63, 3.8) is 0 Å². The molecule has 0 aliphatic heterocycles. The highest BCUT2D eigenvalue weighted by Crippen LogP contribution is 1.89. The molecule has 0 fully saturated rings. The Morgan fingerprint density at radius 2 is 2.12 bits per heavy atom. The maximum Gasteiger partial charge on any atom is 0.333 e. The van der Waals surface area contributed by atoms with Crippen LogP contribution in [0.2, 0.25) is 0 Å². The minimum atomic E-state index is -0.455. The van der Waals surface area contributed by atoms with Gasteiger partial charge in [-0.3, -0.25) is 0 Å². The van der Waals surface area contributed by atoms with Crippen LogP contribution in [0.15, 0.2) is 49.1 Å². The maximum absolute atomic E-state index is 10.5. The van der Waals surface area contributed by atoms with Crippen LogP contribution in [0, 0.1) is 11.3 Å². The third-order valence-electron chi connectivity index (χ3n) is 1.20. The van der Waals surface area contributed by atoms with E-state index in [-0.39, 0.29) is 13.2 Å². The van der Waals surface area contributed by atoms with Crippen molar-refractivity contribution in [1.82, 2.24) is 0 Å². The second-order valence-corrected chi connectivity index (χ2v) is 2.75. The fourth-order valence-electron chi connectivity index (χ4n) is 0.503. The van der Waals surface area contributed by atoms with Crippen molar-refractivity contribution < 1.29 is 14.6 Å². The first-order chi connectivity index (χ1) is 8.09. The molecule has 0 amide bonds. The molecular formula is C13H17NO3. The van der Waals surface area contributed by atoms with Crippen molar-refractivity contribution in [2.24, 2.45) is 0 Å². The molecule has 0 rings (SSSR count). The highest BCUT2D eigenvalue weighted by molar-refractivity contribution is 5.86. The summed E-state index contributed by atoms with van der Waals surface area (Å²) in [6.07, 6.45) is 8.22. The topological polar surface area (TPSA) is 70.3 Å². The summed E-state index contributed by atoms with van der Waals surface area (Å²) in [5.74, 6) is -0.455.